The quantitative estimate of drug-likeness (QED) is 0.456. The molecular formula is C22H18Cl2N2O5S. The molecule has 10 heteroatoms. The molecule has 3 rings (SSSR count). The highest BCUT2D eigenvalue weighted by Gasteiger charge is 2.17. The van der Waals surface area contributed by atoms with E-state index in [1.165, 1.54) is 24.3 Å². The minimum absolute atomic E-state index is 0.0250. The first kappa shape index (κ1) is 23.6. The molecule has 0 saturated carbocycles. The number of ether oxygens (including phenoxy) is 1. The van der Waals surface area contributed by atoms with Crippen LogP contribution in [0.25, 0.3) is 0 Å². The van der Waals surface area contributed by atoms with Gasteiger partial charge in [-0.15, -0.1) is 0 Å². The van der Waals surface area contributed by atoms with E-state index in [-0.39, 0.29) is 26.2 Å². The number of hydrogen-bond donors (Lipinski definition) is 2. The second-order valence-electron chi connectivity index (χ2n) is 6.72. The van der Waals surface area contributed by atoms with Crippen LogP contribution in [0.1, 0.15) is 15.9 Å². The molecule has 0 spiro atoms. The van der Waals surface area contributed by atoms with Gasteiger partial charge in [0, 0.05) is 5.69 Å². The molecule has 0 unspecified atom stereocenters. The van der Waals surface area contributed by atoms with E-state index < -0.39 is 28.5 Å². The van der Waals surface area contributed by atoms with Crippen molar-refractivity contribution in [1.82, 2.24) is 0 Å². The summed E-state index contributed by atoms with van der Waals surface area (Å²) < 4.78 is 32.5. The highest BCUT2D eigenvalue weighted by atomic mass is 35.5. The first-order valence-electron chi connectivity index (χ1n) is 9.26. The van der Waals surface area contributed by atoms with Crippen molar-refractivity contribution in [1.29, 1.82) is 0 Å². The first-order chi connectivity index (χ1) is 15.2. The number of anilines is 2. The number of carbonyl (C=O) groups is 2. The van der Waals surface area contributed by atoms with Gasteiger partial charge in [0.05, 0.1) is 26.2 Å². The number of aryl methyl sites for hydroxylation is 1. The number of rotatable bonds is 7. The molecule has 3 aromatic carbocycles. The molecule has 0 atom stereocenters. The van der Waals surface area contributed by atoms with Gasteiger partial charge in [0.1, 0.15) is 0 Å². The van der Waals surface area contributed by atoms with Crippen molar-refractivity contribution in [3.05, 3.63) is 87.9 Å². The molecule has 0 aromatic heterocycles. The first-order valence-corrected chi connectivity index (χ1v) is 11.5. The van der Waals surface area contributed by atoms with Crippen molar-refractivity contribution in [3.63, 3.8) is 0 Å². The number of nitrogens with one attached hydrogen (secondary N) is 2. The summed E-state index contributed by atoms with van der Waals surface area (Å²) in [5, 5.41) is 2.94. The van der Waals surface area contributed by atoms with Crippen molar-refractivity contribution >= 4 is 56.5 Å². The van der Waals surface area contributed by atoms with Gasteiger partial charge in [0.2, 0.25) is 0 Å². The van der Waals surface area contributed by atoms with Gasteiger partial charge in [-0.05, 0) is 55.5 Å². The minimum Gasteiger partial charge on any atom is -0.452 e. The van der Waals surface area contributed by atoms with Gasteiger partial charge in [-0.3, -0.25) is 9.52 Å². The zero-order valence-electron chi connectivity index (χ0n) is 16.8. The Balaban J connectivity index is 1.59. The third-order valence-corrected chi connectivity index (χ3v) is 6.48. The van der Waals surface area contributed by atoms with Crippen LogP contribution in [-0.4, -0.2) is 26.9 Å². The molecule has 0 bridgehead atoms. The Morgan fingerprint density at radius 3 is 2.25 bits per heavy atom. The van der Waals surface area contributed by atoms with Crippen LogP contribution >= 0.6 is 23.2 Å². The van der Waals surface area contributed by atoms with Crippen molar-refractivity contribution in [3.8, 4) is 0 Å². The van der Waals surface area contributed by atoms with Crippen LogP contribution in [-0.2, 0) is 19.6 Å². The van der Waals surface area contributed by atoms with E-state index in [0.717, 1.165) is 5.56 Å². The Hall–Kier alpha value is -3.07. The molecule has 1 amide bonds. The Morgan fingerprint density at radius 1 is 0.938 bits per heavy atom. The van der Waals surface area contributed by atoms with Crippen LogP contribution in [0.4, 0.5) is 11.4 Å². The lowest BCUT2D eigenvalue weighted by molar-refractivity contribution is -0.119. The molecule has 3 aromatic rings. The monoisotopic (exact) mass is 492 g/mol. The average Bonchev–Trinajstić information content (AvgIpc) is 2.77. The second kappa shape index (κ2) is 10.0. The maximum absolute atomic E-state index is 12.5. The number of amides is 1. The largest absolute Gasteiger partial charge is 0.452 e. The highest BCUT2D eigenvalue weighted by molar-refractivity contribution is 7.92. The van der Waals surface area contributed by atoms with E-state index in [1.54, 1.807) is 42.5 Å². The van der Waals surface area contributed by atoms with Gasteiger partial charge in [-0.1, -0.05) is 47.0 Å². The topological polar surface area (TPSA) is 102 Å². The number of esters is 1. The maximum atomic E-state index is 12.5. The second-order valence-corrected chi connectivity index (χ2v) is 9.19. The molecule has 166 valence electrons. The average molecular weight is 493 g/mol. The number of benzene rings is 3. The summed E-state index contributed by atoms with van der Waals surface area (Å²) in [6, 6.07) is 16.8. The molecule has 7 nitrogen and oxygen atoms in total. The van der Waals surface area contributed by atoms with Gasteiger partial charge in [-0.25, -0.2) is 13.2 Å². The number of halogens is 2. The van der Waals surface area contributed by atoms with Gasteiger partial charge >= 0.3 is 5.97 Å². The Bertz CT molecular complexity index is 1240. The molecule has 0 aliphatic rings. The summed E-state index contributed by atoms with van der Waals surface area (Å²) in [6.07, 6.45) is 0. The predicted octanol–water partition coefficient (Wildman–Crippen LogP) is 4.90. The third-order valence-electron chi connectivity index (χ3n) is 4.26. The lowest BCUT2D eigenvalue weighted by Gasteiger charge is -2.10. The van der Waals surface area contributed by atoms with Crippen molar-refractivity contribution < 1.29 is 22.7 Å². The van der Waals surface area contributed by atoms with Crippen LogP contribution < -0.4 is 10.0 Å². The van der Waals surface area contributed by atoms with Crippen LogP contribution in [0.3, 0.4) is 0 Å². The molecule has 32 heavy (non-hydrogen) atoms. The predicted molar refractivity (Wildman–Crippen MR) is 124 cm³/mol. The SMILES string of the molecule is Cc1ccc(NS(=O)(=O)c2ccc(C(=O)OCC(=O)Nc3cccc(Cl)c3Cl)cc2)cc1. The zero-order valence-corrected chi connectivity index (χ0v) is 19.1. The highest BCUT2D eigenvalue weighted by Crippen LogP contribution is 2.29. The third kappa shape index (κ3) is 6.00. The zero-order chi connectivity index (χ0) is 23.3. The molecule has 0 saturated heterocycles. The van der Waals surface area contributed by atoms with E-state index in [4.69, 9.17) is 27.9 Å². The normalized spacial score (nSPS) is 11.0. The fourth-order valence-electron chi connectivity index (χ4n) is 2.61. The lowest BCUT2D eigenvalue weighted by atomic mass is 10.2. The van der Waals surface area contributed by atoms with Gasteiger partial charge in [0.25, 0.3) is 15.9 Å². The molecule has 0 aliphatic heterocycles. The maximum Gasteiger partial charge on any atom is 0.338 e. The Morgan fingerprint density at radius 2 is 1.59 bits per heavy atom. The Kier molecular flexibility index (Phi) is 7.40. The molecule has 2 N–H and O–H groups in total. The van der Waals surface area contributed by atoms with Crippen LogP contribution in [0, 0.1) is 6.92 Å². The van der Waals surface area contributed by atoms with E-state index in [0.29, 0.717) is 5.69 Å². The standard InChI is InChI=1S/C22H18Cl2N2O5S/c1-14-5-9-16(10-6-14)26-32(29,30)17-11-7-15(8-12-17)22(28)31-13-20(27)25-19-4-2-3-18(23)21(19)24/h2-12,26H,13H2,1H3,(H,25,27). The number of hydrogen-bond acceptors (Lipinski definition) is 5. The van der Waals surface area contributed by atoms with Crippen molar-refractivity contribution in [2.24, 2.45) is 0 Å². The number of sulfonamides is 1. The molecule has 0 fully saturated rings. The van der Waals surface area contributed by atoms with Crippen LogP contribution in [0.15, 0.2) is 71.6 Å². The lowest BCUT2D eigenvalue weighted by Crippen LogP contribution is -2.21. The number of carbonyl (C=O) groups excluding carboxylic acids is 2. The van der Waals surface area contributed by atoms with E-state index in [9.17, 15) is 18.0 Å². The Labute approximate surface area is 195 Å². The minimum atomic E-state index is -3.83. The summed E-state index contributed by atoms with van der Waals surface area (Å²) in [7, 11) is -3.83. The van der Waals surface area contributed by atoms with Gasteiger partial charge in [0.15, 0.2) is 6.61 Å². The van der Waals surface area contributed by atoms with Crippen LogP contribution in [0.5, 0.6) is 0 Å². The summed E-state index contributed by atoms with van der Waals surface area (Å²) in [6.45, 7) is 1.34. The van der Waals surface area contributed by atoms with E-state index in [2.05, 4.69) is 10.0 Å². The van der Waals surface area contributed by atoms with Gasteiger partial charge in [-0.2, -0.15) is 0 Å². The summed E-state index contributed by atoms with van der Waals surface area (Å²) >= 11 is 11.9. The summed E-state index contributed by atoms with van der Waals surface area (Å²) in [5.74, 6) is -1.39. The molecule has 0 aliphatic carbocycles. The van der Waals surface area contributed by atoms with Crippen LogP contribution in [0.2, 0.25) is 10.0 Å². The summed E-state index contributed by atoms with van der Waals surface area (Å²) in [4.78, 5) is 24.2. The van der Waals surface area contributed by atoms with Gasteiger partial charge < -0.3 is 10.1 Å². The van der Waals surface area contributed by atoms with Crippen molar-refractivity contribution in [2.75, 3.05) is 16.6 Å². The smallest absolute Gasteiger partial charge is 0.338 e. The molecular weight excluding hydrogens is 475 g/mol. The fourth-order valence-corrected chi connectivity index (χ4v) is 4.01. The van der Waals surface area contributed by atoms with E-state index >= 15 is 0 Å². The summed E-state index contributed by atoms with van der Waals surface area (Å²) in [5.41, 5.74) is 1.80. The van der Waals surface area contributed by atoms with Crippen molar-refractivity contribution in [2.45, 2.75) is 11.8 Å². The van der Waals surface area contributed by atoms with E-state index in [1.807, 2.05) is 6.92 Å². The fraction of sp³-hybridized carbons (Fsp3) is 0.0909. The molecule has 0 heterocycles. The molecule has 0 radical (unpaired) electrons.